The normalized spacial score (nSPS) is 24.3. The van der Waals surface area contributed by atoms with Gasteiger partial charge in [0.1, 0.15) is 0 Å². The van der Waals surface area contributed by atoms with Crippen LogP contribution in [0, 0.1) is 5.41 Å². The summed E-state index contributed by atoms with van der Waals surface area (Å²) in [6.07, 6.45) is 1.30. The Bertz CT molecular complexity index is 396. The second-order valence-electron chi connectivity index (χ2n) is 6.70. The fourth-order valence-corrected chi connectivity index (χ4v) is 3.10. The molecule has 106 valence electrons. The summed E-state index contributed by atoms with van der Waals surface area (Å²) in [5.41, 5.74) is 3.33. The average Bonchev–Trinajstić information content (AvgIpc) is 2.72. The van der Waals surface area contributed by atoms with Gasteiger partial charge in [0.05, 0.1) is 0 Å². The number of hydrogen-bond acceptors (Lipinski definition) is 2. The van der Waals surface area contributed by atoms with Gasteiger partial charge in [-0.15, -0.1) is 0 Å². The van der Waals surface area contributed by atoms with Gasteiger partial charge in [0, 0.05) is 19.6 Å². The van der Waals surface area contributed by atoms with Gasteiger partial charge >= 0.3 is 0 Å². The molecule has 1 unspecified atom stereocenters. The lowest BCUT2D eigenvalue weighted by atomic mass is 9.90. The molecule has 19 heavy (non-hydrogen) atoms. The highest BCUT2D eigenvalue weighted by Gasteiger charge is 2.32. The van der Waals surface area contributed by atoms with Gasteiger partial charge in [0.15, 0.2) is 0 Å². The Hall–Kier alpha value is -0.860. The van der Waals surface area contributed by atoms with Gasteiger partial charge in [0.2, 0.25) is 0 Å². The van der Waals surface area contributed by atoms with Crippen molar-refractivity contribution in [2.45, 2.75) is 39.7 Å². The number of nitrogens with zero attached hydrogens (tertiary/aromatic N) is 1. The van der Waals surface area contributed by atoms with Gasteiger partial charge in [-0.1, -0.05) is 45.0 Å². The molecule has 0 amide bonds. The molecule has 0 spiro atoms. The first kappa shape index (κ1) is 14.5. The zero-order chi connectivity index (χ0) is 13.9. The molecule has 1 aliphatic rings. The minimum absolute atomic E-state index is 0.451. The van der Waals surface area contributed by atoms with Crippen LogP contribution in [0.4, 0.5) is 0 Å². The Morgan fingerprint density at radius 2 is 1.95 bits per heavy atom. The molecule has 2 heteroatoms. The standard InChI is InChI=1S/C17H28N2/c1-14(2)16-7-5-15(6-8-16)11-19-10-9-17(3,13-19)12-18-4/h5-8,14,18H,9-13H2,1-4H3. The minimum atomic E-state index is 0.451. The molecule has 0 aliphatic carbocycles. The summed E-state index contributed by atoms with van der Waals surface area (Å²) in [4.78, 5) is 2.59. The molecule has 0 aromatic heterocycles. The van der Waals surface area contributed by atoms with Crippen molar-refractivity contribution in [3.63, 3.8) is 0 Å². The molecule has 1 aromatic carbocycles. The van der Waals surface area contributed by atoms with Gasteiger partial charge in [0.25, 0.3) is 0 Å². The highest BCUT2D eigenvalue weighted by Crippen LogP contribution is 2.30. The lowest BCUT2D eigenvalue weighted by Gasteiger charge is -2.24. The average molecular weight is 260 g/mol. The van der Waals surface area contributed by atoms with Gasteiger partial charge in [-0.05, 0) is 42.5 Å². The van der Waals surface area contributed by atoms with Crippen LogP contribution in [0.25, 0.3) is 0 Å². The first-order valence-corrected chi connectivity index (χ1v) is 7.48. The second kappa shape index (κ2) is 6.06. The van der Waals surface area contributed by atoms with Crippen LogP contribution in [0.5, 0.6) is 0 Å². The van der Waals surface area contributed by atoms with Crippen LogP contribution in [0.3, 0.4) is 0 Å². The number of benzene rings is 1. The third kappa shape index (κ3) is 3.80. The van der Waals surface area contributed by atoms with Crippen molar-refractivity contribution >= 4 is 0 Å². The molecule has 2 rings (SSSR count). The van der Waals surface area contributed by atoms with Crippen molar-refractivity contribution in [2.75, 3.05) is 26.7 Å². The van der Waals surface area contributed by atoms with Crippen LogP contribution in [0.15, 0.2) is 24.3 Å². The Kier molecular flexibility index (Phi) is 4.64. The number of rotatable bonds is 5. The Morgan fingerprint density at radius 1 is 1.26 bits per heavy atom. The summed E-state index contributed by atoms with van der Waals surface area (Å²) < 4.78 is 0. The molecule has 1 heterocycles. The summed E-state index contributed by atoms with van der Waals surface area (Å²) in [7, 11) is 2.05. The molecule has 0 radical (unpaired) electrons. The van der Waals surface area contributed by atoms with E-state index in [1.165, 1.54) is 30.6 Å². The molecule has 1 aliphatic heterocycles. The van der Waals surface area contributed by atoms with Gasteiger partial charge < -0.3 is 5.32 Å². The van der Waals surface area contributed by atoms with E-state index >= 15 is 0 Å². The maximum absolute atomic E-state index is 3.33. The molecule has 0 bridgehead atoms. The van der Waals surface area contributed by atoms with E-state index in [9.17, 15) is 0 Å². The van der Waals surface area contributed by atoms with E-state index in [1.807, 2.05) is 0 Å². The molecule has 0 saturated carbocycles. The third-order valence-corrected chi connectivity index (χ3v) is 4.29. The summed E-state index contributed by atoms with van der Waals surface area (Å²) in [6, 6.07) is 9.15. The molecule has 1 fully saturated rings. The van der Waals surface area contributed by atoms with E-state index in [1.54, 1.807) is 0 Å². The third-order valence-electron chi connectivity index (χ3n) is 4.29. The molecule has 1 aromatic rings. The molecule has 1 saturated heterocycles. The van der Waals surface area contributed by atoms with Crippen molar-refractivity contribution in [3.8, 4) is 0 Å². The van der Waals surface area contributed by atoms with E-state index in [0.29, 0.717) is 11.3 Å². The topological polar surface area (TPSA) is 15.3 Å². The highest BCUT2D eigenvalue weighted by atomic mass is 15.2. The fourth-order valence-electron chi connectivity index (χ4n) is 3.10. The van der Waals surface area contributed by atoms with Crippen molar-refractivity contribution < 1.29 is 0 Å². The van der Waals surface area contributed by atoms with Crippen molar-refractivity contribution in [2.24, 2.45) is 5.41 Å². The molecule has 1 N–H and O–H groups in total. The molecular weight excluding hydrogens is 232 g/mol. The van der Waals surface area contributed by atoms with Crippen molar-refractivity contribution in [1.82, 2.24) is 10.2 Å². The lowest BCUT2D eigenvalue weighted by molar-refractivity contribution is 0.265. The smallest absolute Gasteiger partial charge is 0.0233 e. The van der Waals surface area contributed by atoms with Crippen molar-refractivity contribution in [1.29, 1.82) is 0 Å². The molecular formula is C17H28N2. The van der Waals surface area contributed by atoms with Gasteiger partial charge in [-0.3, -0.25) is 4.90 Å². The summed E-state index contributed by atoms with van der Waals surface area (Å²) >= 11 is 0. The first-order valence-electron chi connectivity index (χ1n) is 7.48. The predicted molar refractivity (Wildman–Crippen MR) is 82.5 cm³/mol. The summed E-state index contributed by atoms with van der Waals surface area (Å²) in [5, 5.41) is 3.33. The maximum atomic E-state index is 3.33. The molecule has 2 nitrogen and oxygen atoms in total. The van der Waals surface area contributed by atoms with Gasteiger partial charge in [-0.25, -0.2) is 0 Å². The van der Waals surface area contributed by atoms with Crippen LogP contribution in [-0.2, 0) is 6.54 Å². The summed E-state index contributed by atoms with van der Waals surface area (Å²) in [6.45, 7) is 11.5. The van der Waals surface area contributed by atoms with Crippen LogP contribution in [-0.4, -0.2) is 31.6 Å². The highest BCUT2D eigenvalue weighted by molar-refractivity contribution is 5.24. The van der Waals surface area contributed by atoms with E-state index in [2.05, 4.69) is 62.3 Å². The van der Waals surface area contributed by atoms with Crippen LogP contribution < -0.4 is 5.32 Å². The zero-order valence-electron chi connectivity index (χ0n) is 12.9. The maximum Gasteiger partial charge on any atom is 0.0233 e. The van der Waals surface area contributed by atoms with E-state index in [4.69, 9.17) is 0 Å². The first-order chi connectivity index (χ1) is 9.02. The van der Waals surface area contributed by atoms with E-state index in [0.717, 1.165) is 13.1 Å². The van der Waals surface area contributed by atoms with Crippen molar-refractivity contribution in [3.05, 3.63) is 35.4 Å². The van der Waals surface area contributed by atoms with E-state index in [-0.39, 0.29) is 0 Å². The van der Waals surface area contributed by atoms with Crippen LogP contribution in [0.2, 0.25) is 0 Å². The fraction of sp³-hybridized carbons (Fsp3) is 0.647. The second-order valence-corrected chi connectivity index (χ2v) is 6.70. The Balaban J connectivity index is 1.92. The Labute approximate surface area is 118 Å². The number of hydrogen-bond donors (Lipinski definition) is 1. The number of likely N-dealkylation sites (tertiary alicyclic amines) is 1. The minimum Gasteiger partial charge on any atom is -0.319 e. The summed E-state index contributed by atoms with van der Waals surface area (Å²) in [5.74, 6) is 0.625. The van der Waals surface area contributed by atoms with Crippen LogP contribution in [0.1, 0.15) is 44.2 Å². The number of nitrogens with one attached hydrogen (secondary N) is 1. The SMILES string of the molecule is CNCC1(C)CCN(Cc2ccc(C(C)C)cc2)C1. The molecule has 1 atom stereocenters. The Morgan fingerprint density at radius 3 is 2.53 bits per heavy atom. The zero-order valence-corrected chi connectivity index (χ0v) is 12.9. The van der Waals surface area contributed by atoms with E-state index < -0.39 is 0 Å². The predicted octanol–water partition coefficient (Wildman–Crippen LogP) is 3.24. The quantitative estimate of drug-likeness (QED) is 0.874. The van der Waals surface area contributed by atoms with Gasteiger partial charge in [-0.2, -0.15) is 0 Å². The lowest BCUT2D eigenvalue weighted by Crippen LogP contribution is -2.32. The van der Waals surface area contributed by atoms with Crippen LogP contribution >= 0.6 is 0 Å². The largest absolute Gasteiger partial charge is 0.319 e. The monoisotopic (exact) mass is 260 g/mol.